The third-order valence-corrected chi connectivity index (χ3v) is 5.77. The summed E-state index contributed by atoms with van der Waals surface area (Å²) in [7, 11) is 2.12. The average Bonchev–Trinajstić information content (AvgIpc) is 2.82. The van der Waals surface area contributed by atoms with Crippen LogP contribution in [-0.2, 0) is 16.1 Å². The van der Waals surface area contributed by atoms with E-state index in [9.17, 15) is 9.59 Å². The first-order chi connectivity index (χ1) is 15.5. The molecular formula is C24H30ClN3O4. The van der Waals surface area contributed by atoms with Crippen molar-refractivity contribution in [1.82, 2.24) is 15.5 Å². The molecule has 0 spiro atoms. The minimum atomic E-state index is -0.383. The van der Waals surface area contributed by atoms with Crippen LogP contribution in [0.2, 0.25) is 5.02 Å². The lowest BCUT2D eigenvalue weighted by molar-refractivity contribution is -0.120. The molecule has 2 aromatic carbocycles. The van der Waals surface area contributed by atoms with Gasteiger partial charge in [-0.25, -0.2) is 0 Å². The van der Waals surface area contributed by atoms with Gasteiger partial charge in [-0.15, -0.1) is 0 Å². The summed E-state index contributed by atoms with van der Waals surface area (Å²) in [6, 6.07) is 14.9. The van der Waals surface area contributed by atoms with Gasteiger partial charge in [0, 0.05) is 32.3 Å². The van der Waals surface area contributed by atoms with Crippen molar-refractivity contribution in [2.24, 2.45) is 0 Å². The molecule has 3 rings (SSSR count). The third-order valence-electron chi connectivity index (χ3n) is 5.44. The van der Waals surface area contributed by atoms with Gasteiger partial charge in [-0.1, -0.05) is 35.9 Å². The molecule has 2 amide bonds. The second-order valence-electron chi connectivity index (χ2n) is 7.76. The molecule has 1 aliphatic rings. The highest BCUT2D eigenvalue weighted by Crippen LogP contribution is 2.16. The van der Waals surface area contributed by atoms with Crippen molar-refractivity contribution >= 4 is 23.4 Å². The average molecular weight is 460 g/mol. The number of halogens is 1. The summed E-state index contributed by atoms with van der Waals surface area (Å²) in [6.07, 6.45) is 2.12. The SMILES string of the molecule is CN(CCOc1cccc(CNC(=O)CNC(=O)c2ccccc2Cl)c1)C1CCOCC1. The molecule has 32 heavy (non-hydrogen) atoms. The molecule has 0 aromatic heterocycles. The predicted octanol–water partition coefficient (Wildman–Crippen LogP) is 2.88. The number of amides is 2. The van der Waals surface area contributed by atoms with Crippen molar-refractivity contribution in [1.29, 1.82) is 0 Å². The van der Waals surface area contributed by atoms with Gasteiger partial charge in [0.25, 0.3) is 5.91 Å². The van der Waals surface area contributed by atoms with Gasteiger partial charge < -0.3 is 20.1 Å². The second kappa shape index (κ2) is 12.4. The van der Waals surface area contributed by atoms with Gasteiger partial charge >= 0.3 is 0 Å². The second-order valence-corrected chi connectivity index (χ2v) is 8.17. The van der Waals surface area contributed by atoms with Gasteiger partial charge in [0.15, 0.2) is 0 Å². The van der Waals surface area contributed by atoms with E-state index in [1.807, 2.05) is 24.3 Å². The predicted molar refractivity (Wildman–Crippen MR) is 124 cm³/mol. The van der Waals surface area contributed by atoms with Crippen molar-refractivity contribution in [2.45, 2.75) is 25.4 Å². The number of likely N-dealkylation sites (N-methyl/N-ethyl adjacent to an activating group) is 1. The fraction of sp³-hybridized carbons (Fsp3) is 0.417. The molecule has 0 unspecified atom stereocenters. The summed E-state index contributed by atoms with van der Waals surface area (Å²) >= 11 is 6.00. The number of nitrogens with zero attached hydrogens (tertiary/aromatic N) is 1. The van der Waals surface area contributed by atoms with Crippen molar-refractivity contribution < 1.29 is 19.1 Å². The van der Waals surface area contributed by atoms with Crippen LogP contribution in [0.25, 0.3) is 0 Å². The molecule has 7 nitrogen and oxygen atoms in total. The normalized spacial score (nSPS) is 14.2. The molecule has 1 saturated heterocycles. The van der Waals surface area contributed by atoms with E-state index < -0.39 is 0 Å². The third kappa shape index (κ3) is 7.51. The van der Waals surface area contributed by atoms with Crippen LogP contribution < -0.4 is 15.4 Å². The van der Waals surface area contributed by atoms with Crippen LogP contribution in [-0.4, -0.2) is 62.7 Å². The summed E-state index contributed by atoms with van der Waals surface area (Å²) < 4.78 is 11.3. The van der Waals surface area contributed by atoms with Crippen molar-refractivity contribution in [3.63, 3.8) is 0 Å². The molecule has 0 bridgehead atoms. The van der Waals surface area contributed by atoms with Gasteiger partial charge in [0.1, 0.15) is 12.4 Å². The van der Waals surface area contributed by atoms with Crippen molar-refractivity contribution in [3.8, 4) is 5.75 Å². The highest BCUT2D eigenvalue weighted by atomic mass is 35.5. The van der Waals surface area contributed by atoms with Crippen molar-refractivity contribution in [2.75, 3.05) is 40.0 Å². The Morgan fingerprint density at radius 2 is 1.91 bits per heavy atom. The van der Waals surface area contributed by atoms with Gasteiger partial charge in [0.05, 0.1) is 17.1 Å². The highest BCUT2D eigenvalue weighted by molar-refractivity contribution is 6.33. The fourth-order valence-corrected chi connectivity index (χ4v) is 3.75. The van der Waals surface area contributed by atoms with Gasteiger partial charge in [0.2, 0.25) is 5.91 Å². The lowest BCUT2D eigenvalue weighted by Crippen LogP contribution is -2.38. The maximum Gasteiger partial charge on any atom is 0.253 e. The Hall–Kier alpha value is -2.61. The smallest absolute Gasteiger partial charge is 0.253 e. The monoisotopic (exact) mass is 459 g/mol. The van der Waals surface area contributed by atoms with Crippen LogP contribution in [0.15, 0.2) is 48.5 Å². The largest absolute Gasteiger partial charge is 0.492 e. The summed E-state index contributed by atoms with van der Waals surface area (Å²) in [5.41, 5.74) is 1.26. The van der Waals surface area contributed by atoms with Crippen LogP contribution >= 0.6 is 11.6 Å². The summed E-state index contributed by atoms with van der Waals surface area (Å²) in [4.78, 5) is 26.6. The lowest BCUT2D eigenvalue weighted by atomic mass is 10.1. The first-order valence-corrected chi connectivity index (χ1v) is 11.2. The number of carbonyl (C=O) groups is 2. The Morgan fingerprint density at radius 3 is 2.69 bits per heavy atom. The Balaban J connectivity index is 1.38. The van der Waals surface area contributed by atoms with E-state index in [0.29, 0.717) is 29.8 Å². The number of benzene rings is 2. The minimum Gasteiger partial charge on any atom is -0.492 e. The molecule has 0 radical (unpaired) electrons. The van der Waals surface area contributed by atoms with Gasteiger partial charge in [-0.3, -0.25) is 14.5 Å². The van der Waals surface area contributed by atoms with Crippen LogP contribution in [0.1, 0.15) is 28.8 Å². The number of ether oxygens (including phenoxy) is 2. The molecule has 172 valence electrons. The van der Waals surface area contributed by atoms with Crippen LogP contribution in [0.3, 0.4) is 0 Å². The van der Waals surface area contributed by atoms with E-state index in [1.54, 1.807) is 24.3 Å². The Labute approximate surface area is 194 Å². The Morgan fingerprint density at radius 1 is 1.12 bits per heavy atom. The zero-order chi connectivity index (χ0) is 22.8. The first kappa shape index (κ1) is 24.0. The maximum atomic E-state index is 12.1. The molecule has 2 aromatic rings. The minimum absolute atomic E-state index is 0.126. The number of hydrogen-bond acceptors (Lipinski definition) is 5. The zero-order valence-electron chi connectivity index (χ0n) is 18.3. The van der Waals surface area contributed by atoms with Gasteiger partial charge in [-0.05, 0) is 49.7 Å². The van der Waals surface area contributed by atoms with E-state index in [-0.39, 0.29) is 18.4 Å². The van der Waals surface area contributed by atoms with Crippen molar-refractivity contribution in [3.05, 3.63) is 64.7 Å². The quantitative estimate of drug-likeness (QED) is 0.571. The van der Waals surface area contributed by atoms with E-state index in [1.165, 1.54) is 0 Å². The molecule has 1 heterocycles. The van der Waals surface area contributed by atoms with E-state index in [4.69, 9.17) is 21.1 Å². The Bertz CT molecular complexity index is 902. The molecule has 1 aliphatic heterocycles. The Kier molecular flexibility index (Phi) is 9.34. The summed E-state index contributed by atoms with van der Waals surface area (Å²) in [5, 5.41) is 5.73. The molecule has 0 saturated carbocycles. The van der Waals surface area contributed by atoms with E-state index in [0.717, 1.165) is 43.9 Å². The van der Waals surface area contributed by atoms with Crippen LogP contribution in [0.4, 0.5) is 0 Å². The molecule has 2 N–H and O–H groups in total. The zero-order valence-corrected chi connectivity index (χ0v) is 19.1. The summed E-state index contributed by atoms with van der Waals surface area (Å²) in [6.45, 7) is 3.31. The van der Waals surface area contributed by atoms with Gasteiger partial charge in [-0.2, -0.15) is 0 Å². The van der Waals surface area contributed by atoms with E-state index >= 15 is 0 Å². The van der Waals surface area contributed by atoms with Crippen LogP contribution in [0.5, 0.6) is 5.75 Å². The molecular weight excluding hydrogens is 430 g/mol. The maximum absolute atomic E-state index is 12.1. The highest BCUT2D eigenvalue weighted by Gasteiger charge is 2.18. The number of hydrogen-bond donors (Lipinski definition) is 2. The summed E-state index contributed by atoms with van der Waals surface area (Å²) in [5.74, 6) is 0.103. The number of carbonyl (C=O) groups excluding carboxylic acids is 2. The molecule has 8 heteroatoms. The van der Waals surface area contributed by atoms with E-state index in [2.05, 4.69) is 22.6 Å². The molecule has 1 fully saturated rings. The standard InChI is InChI=1S/C24H30ClN3O4/c1-28(19-9-12-31-13-10-19)11-14-32-20-6-4-5-18(15-20)16-26-23(29)17-27-24(30)21-7-2-3-8-22(21)25/h2-8,15,19H,9-14,16-17H2,1H3,(H,26,29)(H,27,30). The number of nitrogens with one attached hydrogen (secondary N) is 2. The molecule has 0 aliphatic carbocycles. The van der Waals surface area contributed by atoms with Crippen LogP contribution in [0, 0.1) is 0 Å². The lowest BCUT2D eigenvalue weighted by Gasteiger charge is -2.31. The fourth-order valence-electron chi connectivity index (χ4n) is 3.53. The number of rotatable bonds is 10. The molecule has 0 atom stereocenters. The first-order valence-electron chi connectivity index (χ1n) is 10.8. The topological polar surface area (TPSA) is 79.9 Å².